The molecule has 0 bridgehead atoms. The minimum absolute atomic E-state index is 0.0774. The molecule has 7 nitrogen and oxygen atoms in total. The first-order chi connectivity index (χ1) is 12.1. The minimum atomic E-state index is -0.482. The molecule has 2 rings (SSSR count). The van der Waals surface area contributed by atoms with Crippen molar-refractivity contribution in [2.45, 2.75) is 45.1 Å². The SMILES string of the molecule is CCCCN1CCCCC1CNc1ccc([N+](=O)[O-])cc1C(=O)NC. The molecule has 1 aliphatic heterocycles. The van der Waals surface area contributed by atoms with Crippen molar-refractivity contribution in [2.24, 2.45) is 0 Å². The molecule has 0 aliphatic carbocycles. The first kappa shape index (κ1) is 19.2. The standard InChI is InChI=1S/C18H28N4O3/c1-3-4-10-21-11-6-5-7-15(21)13-20-17-9-8-14(22(24)25)12-16(17)18(23)19-2/h8-9,12,15,20H,3-7,10-11,13H2,1-2H3,(H,19,23). The van der Waals surface area contributed by atoms with Crippen molar-refractivity contribution in [3.05, 3.63) is 33.9 Å². The number of nitrogens with one attached hydrogen (secondary N) is 2. The second kappa shape index (κ2) is 9.36. The molecule has 138 valence electrons. The third-order valence-corrected chi connectivity index (χ3v) is 4.76. The van der Waals surface area contributed by atoms with Crippen molar-refractivity contribution in [2.75, 3.05) is 32.0 Å². The van der Waals surface area contributed by atoms with E-state index in [0.29, 0.717) is 17.3 Å². The van der Waals surface area contributed by atoms with Gasteiger partial charge in [-0.2, -0.15) is 0 Å². The van der Waals surface area contributed by atoms with Crippen LogP contribution in [0.15, 0.2) is 18.2 Å². The fraction of sp³-hybridized carbons (Fsp3) is 0.611. The van der Waals surface area contributed by atoms with E-state index in [1.165, 1.54) is 44.9 Å². The number of anilines is 1. The smallest absolute Gasteiger partial charge is 0.270 e. The van der Waals surface area contributed by atoms with Gasteiger partial charge in [0, 0.05) is 37.5 Å². The molecule has 1 saturated heterocycles. The van der Waals surface area contributed by atoms with E-state index in [0.717, 1.165) is 26.1 Å². The van der Waals surface area contributed by atoms with Gasteiger partial charge in [0.05, 0.1) is 10.5 Å². The Morgan fingerprint density at radius 3 is 2.88 bits per heavy atom. The third-order valence-electron chi connectivity index (χ3n) is 4.76. The molecule has 1 aliphatic rings. The highest BCUT2D eigenvalue weighted by molar-refractivity contribution is 6.00. The summed E-state index contributed by atoms with van der Waals surface area (Å²) in [4.78, 5) is 25.1. The zero-order valence-corrected chi connectivity index (χ0v) is 15.1. The molecule has 0 saturated carbocycles. The number of nitro benzene ring substituents is 1. The Kier molecular flexibility index (Phi) is 7.18. The van der Waals surface area contributed by atoms with Crippen molar-refractivity contribution in [1.29, 1.82) is 0 Å². The van der Waals surface area contributed by atoms with E-state index in [1.807, 2.05) is 0 Å². The molecule has 1 aromatic carbocycles. The predicted molar refractivity (Wildman–Crippen MR) is 99.1 cm³/mol. The van der Waals surface area contributed by atoms with Gasteiger partial charge in [-0.05, 0) is 38.4 Å². The van der Waals surface area contributed by atoms with E-state index in [-0.39, 0.29) is 11.6 Å². The Balaban J connectivity index is 2.10. The van der Waals surface area contributed by atoms with Crippen LogP contribution in [0.3, 0.4) is 0 Å². The summed E-state index contributed by atoms with van der Waals surface area (Å²) in [7, 11) is 1.53. The molecule has 1 atom stereocenters. The van der Waals surface area contributed by atoms with E-state index in [9.17, 15) is 14.9 Å². The van der Waals surface area contributed by atoms with Crippen LogP contribution < -0.4 is 10.6 Å². The maximum Gasteiger partial charge on any atom is 0.270 e. The van der Waals surface area contributed by atoms with Gasteiger partial charge in [0.1, 0.15) is 0 Å². The summed E-state index contributed by atoms with van der Waals surface area (Å²) in [6, 6.07) is 4.83. The molecule has 25 heavy (non-hydrogen) atoms. The van der Waals surface area contributed by atoms with Crippen LogP contribution in [0, 0.1) is 10.1 Å². The number of unbranched alkanes of at least 4 members (excludes halogenated alkanes) is 1. The Morgan fingerprint density at radius 1 is 1.40 bits per heavy atom. The lowest BCUT2D eigenvalue weighted by molar-refractivity contribution is -0.384. The lowest BCUT2D eigenvalue weighted by Gasteiger charge is -2.36. The summed E-state index contributed by atoms with van der Waals surface area (Å²) in [5.41, 5.74) is 0.880. The first-order valence-electron chi connectivity index (χ1n) is 9.05. The molecule has 0 radical (unpaired) electrons. The first-order valence-corrected chi connectivity index (χ1v) is 9.05. The Bertz CT molecular complexity index is 606. The number of non-ortho nitro benzene ring substituents is 1. The molecular weight excluding hydrogens is 320 g/mol. The molecule has 1 unspecified atom stereocenters. The molecule has 0 spiro atoms. The fourth-order valence-corrected chi connectivity index (χ4v) is 3.30. The van der Waals surface area contributed by atoms with Crippen LogP contribution in [0.25, 0.3) is 0 Å². The van der Waals surface area contributed by atoms with Gasteiger partial charge in [0.2, 0.25) is 0 Å². The highest BCUT2D eigenvalue weighted by Gasteiger charge is 2.23. The Hall–Kier alpha value is -2.15. The Labute approximate surface area is 148 Å². The molecule has 1 heterocycles. The minimum Gasteiger partial charge on any atom is -0.383 e. The molecular formula is C18H28N4O3. The highest BCUT2D eigenvalue weighted by Crippen LogP contribution is 2.24. The number of hydrogen-bond donors (Lipinski definition) is 2. The second-order valence-electron chi connectivity index (χ2n) is 6.49. The van der Waals surface area contributed by atoms with Crippen molar-refractivity contribution in [3.8, 4) is 0 Å². The van der Waals surface area contributed by atoms with Crippen molar-refractivity contribution >= 4 is 17.3 Å². The van der Waals surface area contributed by atoms with E-state index in [2.05, 4.69) is 22.5 Å². The topological polar surface area (TPSA) is 87.5 Å². The summed E-state index contributed by atoms with van der Waals surface area (Å²) in [6.07, 6.45) is 5.97. The van der Waals surface area contributed by atoms with E-state index in [1.54, 1.807) is 6.07 Å². The summed E-state index contributed by atoms with van der Waals surface area (Å²) in [5, 5.41) is 16.9. The number of nitro groups is 1. The fourth-order valence-electron chi connectivity index (χ4n) is 3.30. The molecule has 1 amide bonds. The molecule has 7 heteroatoms. The molecule has 0 aromatic heterocycles. The number of hydrogen-bond acceptors (Lipinski definition) is 5. The van der Waals surface area contributed by atoms with Crippen molar-refractivity contribution in [3.63, 3.8) is 0 Å². The third kappa shape index (κ3) is 5.16. The largest absolute Gasteiger partial charge is 0.383 e. The second-order valence-corrected chi connectivity index (χ2v) is 6.49. The quantitative estimate of drug-likeness (QED) is 0.557. The lowest BCUT2D eigenvalue weighted by atomic mass is 10.0. The highest BCUT2D eigenvalue weighted by atomic mass is 16.6. The van der Waals surface area contributed by atoms with Gasteiger partial charge in [-0.15, -0.1) is 0 Å². The van der Waals surface area contributed by atoms with Gasteiger partial charge >= 0.3 is 0 Å². The Morgan fingerprint density at radius 2 is 2.20 bits per heavy atom. The van der Waals surface area contributed by atoms with E-state index in [4.69, 9.17) is 0 Å². The van der Waals surface area contributed by atoms with Gasteiger partial charge in [-0.25, -0.2) is 0 Å². The monoisotopic (exact) mass is 348 g/mol. The molecule has 2 N–H and O–H groups in total. The van der Waals surface area contributed by atoms with Crippen LogP contribution >= 0.6 is 0 Å². The molecule has 1 aromatic rings. The number of rotatable bonds is 8. The van der Waals surface area contributed by atoms with Gasteiger partial charge in [0.25, 0.3) is 11.6 Å². The number of carbonyl (C=O) groups excluding carboxylic acids is 1. The summed E-state index contributed by atoms with van der Waals surface area (Å²) in [6.45, 7) is 5.16. The molecule has 1 fully saturated rings. The number of amides is 1. The van der Waals surface area contributed by atoms with Crippen molar-refractivity contribution < 1.29 is 9.72 Å². The van der Waals surface area contributed by atoms with Gasteiger partial charge in [-0.1, -0.05) is 19.8 Å². The summed E-state index contributed by atoms with van der Waals surface area (Å²) < 4.78 is 0. The maximum absolute atomic E-state index is 12.1. The van der Waals surface area contributed by atoms with E-state index < -0.39 is 4.92 Å². The zero-order chi connectivity index (χ0) is 18.2. The number of nitrogens with zero attached hydrogens (tertiary/aromatic N) is 2. The van der Waals surface area contributed by atoms with Gasteiger partial charge < -0.3 is 10.6 Å². The van der Waals surface area contributed by atoms with Crippen LogP contribution in [0.2, 0.25) is 0 Å². The van der Waals surface area contributed by atoms with Crippen LogP contribution in [0.1, 0.15) is 49.4 Å². The number of carbonyl (C=O) groups is 1. The van der Waals surface area contributed by atoms with E-state index >= 15 is 0 Å². The van der Waals surface area contributed by atoms with Crippen LogP contribution in [0.5, 0.6) is 0 Å². The van der Waals surface area contributed by atoms with Crippen molar-refractivity contribution in [1.82, 2.24) is 10.2 Å². The average Bonchev–Trinajstić information content (AvgIpc) is 2.64. The normalized spacial score (nSPS) is 17.9. The lowest BCUT2D eigenvalue weighted by Crippen LogP contribution is -2.44. The van der Waals surface area contributed by atoms with Crippen LogP contribution in [-0.2, 0) is 0 Å². The predicted octanol–water partition coefficient (Wildman–Crippen LogP) is 3.02. The summed E-state index contributed by atoms with van der Waals surface area (Å²) >= 11 is 0. The van der Waals surface area contributed by atoms with Gasteiger partial charge in [-0.3, -0.25) is 19.8 Å². The number of likely N-dealkylation sites (tertiary alicyclic amines) is 1. The van der Waals surface area contributed by atoms with Gasteiger partial charge in [0.15, 0.2) is 0 Å². The average molecular weight is 348 g/mol. The number of benzene rings is 1. The van der Waals surface area contributed by atoms with Crippen LogP contribution in [-0.4, -0.2) is 48.5 Å². The maximum atomic E-state index is 12.1. The zero-order valence-electron chi connectivity index (χ0n) is 15.1. The number of piperidine rings is 1. The van der Waals surface area contributed by atoms with Crippen LogP contribution in [0.4, 0.5) is 11.4 Å². The summed E-state index contributed by atoms with van der Waals surface area (Å²) in [5.74, 6) is -0.322.